The molecule has 3 heteroatoms. The monoisotopic (exact) mass is 438 g/mol. The van der Waals surface area contributed by atoms with Gasteiger partial charge in [-0.25, -0.2) is 0 Å². The lowest BCUT2D eigenvalue weighted by Gasteiger charge is -1.99. The molecule has 0 radical (unpaired) electrons. The Kier molecular flexibility index (Phi) is 11.6. The Hall–Kier alpha value is -3.82. The summed E-state index contributed by atoms with van der Waals surface area (Å²) in [6.45, 7) is 5.67. The van der Waals surface area contributed by atoms with E-state index in [0.29, 0.717) is 0 Å². The molecule has 168 valence electrons. The Morgan fingerprint density at radius 1 is 0.455 bits per heavy atom. The van der Waals surface area contributed by atoms with Gasteiger partial charge >= 0.3 is 0 Å². The first-order chi connectivity index (χ1) is 16.2. The highest BCUT2D eigenvalue weighted by Crippen LogP contribution is 2.09. The molecule has 4 rings (SSSR count). The Morgan fingerprint density at radius 2 is 0.667 bits per heavy atom. The van der Waals surface area contributed by atoms with Crippen molar-refractivity contribution < 1.29 is 14.3 Å². The summed E-state index contributed by atoms with van der Waals surface area (Å²) in [6.07, 6.45) is 0. The summed E-state index contributed by atoms with van der Waals surface area (Å²) in [5, 5.41) is 0. The maximum Gasteiger partial charge on any atom is 0.193 e. The third-order valence-corrected chi connectivity index (χ3v) is 4.55. The number of carbonyl (C=O) groups is 2. The molecule has 4 aromatic rings. The maximum absolute atomic E-state index is 11.8. The van der Waals surface area contributed by atoms with Gasteiger partial charge in [-0.1, -0.05) is 121 Å². The second kappa shape index (κ2) is 15.1. The van der Waals surface area contributed by atoms with Crippen LogP contribution in [0.1, 0.15) is 45.7 Å². The van der Waals surface area contributed by atoms with E-state index in [1.165, 1.54) is 0 Å². The van der Waals surface area contributed by atoms with Crippen LogP contribution in [0.5, 0.6) is 0 Å². The fraction of sp³-hybridized carbons (Fsp3) is 0.133. The van der Waals surface area contributed by atoms with Crippen LogP contribution in [0.4, 0.5) is 0 Å². The molecular formula is C30H30O3. The van der Waals surface area contributed by atoms with Crippen LogP contribution in [0, 0.1) is 0 Å². The lowest BCUT2D eigenvalue weighted by Crippen LogP contribution is -1.99. The van der Waals surface area contributed by atoms with E-state index in [9.17, 15) is 9.59 Å². The molecule has 4 aromatic carbocycles. The van der Waals surface area contributed by atoms with Crippen LogP contribution < -0.4 is 0 Å². The SMILES string of the molecule is CCOCC.O=C(c1ccccc1)c1ccccc1.O=C(c1ccccc1)c1ccccc1. The molecule has 0 aromatic heterocycles. The minimum Gasteiger partial charge on any atom is -0.382 e. The van der Waals surface area contributed by atoms with E-state index in [-0.39, 0.29) is 11.6 Å². The van der Waals surface area contributed by atoms with Gasteiger partial charge < -0.3 is 4.74 Å². The van der Waals surface area contributed by atoms with Gasteiger partial charge in [0.1, 0.15) is 0 Å². The van der Waals surface area contributed by atoms with Crippen molar-refractivity contribution in [3.8, 4) is 0 Å². The van der Waals surface area contributed by atoms with E-state index < -0.39 is 0 Å². The van der Waals surface area contributed by atoms with Gasteiger partial charge in [0.15, 0.2) is 11.6 Å². The molecule has 0 amide bonds. The fourth-order valence-corrected chi connectivity index (χ4v) is 2.90. The molecule has 0 spiro atoms. The molecule has 3 nitrogen and oxygen atoms in total. The van der Waals surface area contributed by atoms with Crippen LogP contribution in [0.15, 0.2) is 121 Å². The largest absolute Gasteiger partial charge is 0.382 e. The number of rotatable bonds is 6. The molecular weight excluding hydrogens is 408 g/mol. The van der Waals surface area contributed by atoms with E-state index in [4.69, 9.17) is 4.74 Å². The number of hydrogen-bond donors (Lipinski definition) is 0. The van der Waals surface area contributed by atoms with Crippen LogP contribution in [-0.2, 0) is 4.74 Å². The number of ether oxygens (including phenoxy) is 1. The van der Waals surface area contributed by atoms with E-state index in [1.807, 2.05) is 135 Å². The molecule has 33 heavy (non-hydrogen) atoms. The Labute approximate surface area is 196 Å². The van der Waals surface area contributed by atoms with E-state index in [0.717, 1.165) is 35.5 Å². The van der Waals surface area contributed by atoms with Crippen molar-refractivity contribution >= 4 is 11.6 Å². The van der Waals surface area contributed by atoms with E-state index >= 15 is 0 Å². The van der Waals surface area contributed by atoms with Crippen LogP contribution >= 0.6 is 0 Å². The van der Waals surface area contributed by atoms with Crippen molar-refractivity contribution in [3.63, 3.8) is 0 Å². The van der Waals surface area contributed by atoms with Crippen molar-refractivity contribution in [2.24, 2.45) is 0 Å². The minimum absolute atomic E-state index is 0.0752. The third kappa shape index (κ3) is 9.06. The van der Waals surface area contributed by atoms with Crippen LogP contribution in [-0.4, -0.2) is 24.8 Å². The molecule has 0 unspecified atom stereocenters. The van der Waals surface area contributed by atoms with Crippen molar-refractivity contribution in [2.75, 3.05) is 13.2 Å². The van der Waals surface area contributed by atoms with E-state index in [1.54, 1.807) is 0 Å². The summed E-state index contributed by atoms with van der Waals surface area (Å²) in [6, 6.07) is 37.2. The molecule has 0 aliphatic heterocycles. The van der Waals surface area contributed by atoms with Crippen molar-refractivity contribution in [1.29, 1.82) is 0 Å². The van der Waals surface area contributed by atoms with Gasteiger partial charge in [-0.3, -0.25) is 9.59 Å². The van der Waals surface area contributed by atoms with Crippen molar-refractivity contribution in [3.05, 3.63) is 144 Å². The molecule has 0 aliphatic rings. The number of hydrogen-bond acceptors (Lipinski definition) is 3. The van der Waals surface area contributed by atoms with Gasteiger partial charge in [0.25, 0.3) is 0 Å². The van der Waals surface area contributed by atoms with Crippen LogP contribution in [0.3, 0.4) is 0 Å². The Morgan fingerprint density at radius 3 is 0.818 bits per heavy atom. The minimum atomic E-state index is 0.0752. The van der Waals surface area contributed by atoms with E-state index in [2.05, 4.69) is 0 Å². The maximum atomic E-state index is 11.8. The molecule has 0 N–H and O–H groups in total. The highest BCUT2D eigenvalue weighted by atomic mass is 16.5. The molecule has 0 saturated carbocycles. The average molecular weight is 439 g/mol. The van der Waals surface area contributed by atoms with Crippen LogP contribution in [0.2, 0.25) is 0 Å². The molecule has 0 atom stereocenters. The first-order valence-corrected chi connectivity index (χ1v) is 11.0. The topological polar surface area (TPSA) is 43.4 Å². The second-order valence-corrected chi connectivity index (χ2v) is 6.90. The molecule has 0 saturated heterocycles. The summed E-state index contributed by atoms with van der Waals surface area (Å²) >= 11 is 0. The molecule has 0 bridgehead atoms. The lowest BCUT2D eigenvalue weighted by atomic mass is 10.0. The number of ketones is 2. The average Bonchev–Trinajstić information content (AvgIpc) is 2.91. The number of benzene rings is 4. The molecule has 0 aliphatic carbocycles. The van der Waals surface area contributed by atoms with Crippen molar-refractivity contribution in [2.45, 2.75) is 13.8 Å². The zero-order valence-electron chi connectivity index (χ0n) is 19.2. The highest BCUT2D eigenvalue weighted by molar-refractivity contribution is 6.09. The quantitative estimate of drug-likeness (QED) is 0.308. The summed E-state index contributed by atoms with van der Waals surface area (Å²) in [5.41, 5.74) is 2.94. The summed E-state index contributed by atoms with van der Waals surface area (Å²) < 4.78 is 4.83. The Balaban J connectivity index is 0.000000195. The summed E-state index contributed by atoms with van der Waals surface area (Å²) in [5.74, 6) is 0.150. The smallest absolute Gasteiger partial charge is 0.193 e. The first kappa shape index (κ1) is 25.4. The lowest BCUT2D eigenvalue weighted by molar-refractivity contribution is 0.103. The third-order valence-electron chi connectivity index (χ3n) is 4.55. The first-order valence-electron chi connectivity index (χ1n) is 11.0. The standard InChI is InChI=1S/2C13H10O.C4H10O/c2*14-13(11-7-3-1-4-8-11)12-9-5-2-6-10-12;1-3-5-4-2/h2*1-10H;3-4H2,1-2H3. The second-order valence-electron chi connectivity index (χ2n) is 6.90. The fourth-order valence-electron chi connectivity index (χ4n) is 2.90. The summed E-state index contributed by atoms with van der Waals surface area (Å²) in [4.78, 5) is 23.7. The number of carbonyl (C=O) groups excluding carboxylic acids is 2. The zero-order valence-corrected chi connectivity index (χ0v) is 19.2. The predicted molar refractivity (Wildman–Crippen MR) is 135 cm³/mol. The molecule has 0 heterocycles. The summed E-state index contributed by atoms with van der Waals surface area (Å²) in [7, 11) is 0. The van der Waals surface area contributed by atoms with Gasteiger partial charge in [-0.15, -0.1) is 0 Å². The van der Waals surface area contributed by atoms with Gasteiger partial charge in [0, 0.05) is 35.5 Å². The van der Waals surface area contributed by atoms with Crippen LogP contribution in [0.25, 0.3) is 0 Å². The predicted octanol–water partition coefficient (Wildman–Crippen LogP) is 6.88. The van der Waals surface area contributed by atoms with Gasteiger partial charge in [0.05, 0.1) is 0 Å². The van der Waals surface area contributed by atoms with Crippen molar-refractivity contribution in [1.82, 2.24) is 0 Å². The highest BCUT2D eigenvalue weighted by Gasteiger charge is 2.07. The van der Waals surface area contributed by atoms with Gasteiger partial charge in [-0.2, -0.15) is 0 Å². The zero-order chi connectivity index (χ0) is 23.7. The molecule has 0 fully saturated rings. The Bertz CT molecular complexity index is 889. The van der Waals surface area contributed by atoms with Gasteiger partial charge in [0.2, 0.25) is 0 Å². The van der Waals surface area contributed by atoms with Gasteiger partial charge in [-0.05, 0) is 13.8 Å². The normalized spacial score (nSPS) is 9.52.